The SMILES string of the molecule is N#Cc1scc(-c2ccc(Cl)c(Cl)c2)c1N. The standard InChI is InChI=1S/C11H6Cl2N2S/c12-8-2-1-6(3-9(8)13)7-5-16-10(4-14)11(7)15/h1-3,5H,15H2. The molecule has 0 amide bonds. The summed E-state index contributed by atoms with van der Waals surface area (Å²) in [6.07, 6.45) is 0. The van der Waals surface area contributed by atoms with Gasteiger partial charge in [0.25, 0.3) is 0 Å². The van der Waals surface area contributed by atoms with Crippen LogP contribution in [0.2, 0.25) is 10.0 Å². The van der Waals surface area contributed by atoms with Gasteiger partial charge >= 0.3 is 0 Å². The van der Waals surface area contributed by atoms with E-state index in [2.05, 4.69) is 0 Å². The molecule has 1 heterocycles. The van der Waals surface area contributed by atoms with Gasteiger partial charge in [-0.05, 0) is 17.7 Å². The van der Waals surface area contributed by atoms with E-state index in [1.165, 1.54) is 11.3 Å². The molecule has 0 bridgehead atoms. The van der Waals surface area contributed by atoms with Crippen LogP contribution in [0.3, 0.4) is 0 Å². The van der Waals surface area contributed by atoms with Crippen LogP contribution >= 0.6 is 34.5 Å². The molecular formula is C11H6Cl2N2S. The van der Waals surface area contributed by atoms with Crippen molar-refractivity contribution in [2.24, 2.45) is 0 Å². The molecule has 0 saturated carbocycles. The molecule has 0 atom stereocenters. The number of thiophene rings is 1. The molecule has 16 heavy (non-hydrogen) atoms. The van der Waals surface area contributed by atoms with Crippen LogP contribution in [-0.2, 0) is 0 Å². The van der Waals surface area contributed by atoms with Crippen LogP contribution in [-0.4, -0.2) is 0 Å². The van der Waals surface area contributed by atoms with Crippen molar-refractivity contribution in [2.75, 3.05) is 5.73 Å². The van der Waals surface area contributed by atoms with E-state index in [4.69, 9.17) is 34.2 Å². The first-order valence-corrected chi connectivity index (χ1v) is 5.99. The summed E-state index contributed by atoms with van der Waals surface area (Å²) in [7, 11) is 0. The average molecular weight is 269 g/mol. The highest BCUT2D eigenvalue weighted by molar-refractivity contribution is 7.11. The normalized spacial score (nSPS) is 10.1. The van der Waals surface area contributed by atoms with Crippen molar-refractivity contribution in [3.05, 3.63) is 38.5 Å². The second kappa shape index (κ2) is 4.34. The molecule has 2 N–H and O–H groups in total. The number of hydrogen-bond acceptors (Lipinski definition) is 3. The molecule has 0 unspecified atom stereocenters. The van der Waals surface area contributed by atoms with E-state index in [1.54, 1.807) is 12.1 Å². The van der Waals surface area contributed by atoms with Gasteiger partial charge in [-0.3, -0.25) is 0 Å². The van der Waals surface area contributed by atoms with E-state index in [1.807, 2.05) is 17.5 Å². The predicted octanol–water partition coefficient (Wildman–Crippen LogP) is 4.18. The van der Waals surface area contributed by atoms with Gasteiger partial charge in [-0.25, -0.2) is 0 Å². The van der Waals surface area contributed by atoms with Crippen LogP contribution in [0.5, 0.6) is 0 Å². The fourth-order valence-corrected chi connectivity index (χ4v) is 2.43. The van der Waals surface area contributed by atoms with Crippen molar-refractivity contribution in [2.45, 2.75) is 0 Å². The zero-order chi connectivity index (χ0) is 11.7. The average Bonchev–Trinajstić information content (AvgIpc) is 2.64. The molecule has 0 fully saturated rings. The van der Waals surface area contributed by atoms with Crippen molar-refractivity contribution in [3.8, 4) is 17.2 Å². The minimum atomic E-state index is 0.475. The highest BCUT2D eigenvalue weighted by atomic mass is 35.5. The summed E-state index contributed by atoms with van der Waals surface area (Å²) in [4.78, 5) is 0.515. The summed E-state index contributed by atoms with van der Waals surface area (Å²) in [5, 5.41) is 11.6. The number of nitrogens with two attached hydrogens (primary N) is 1. The molecule has 0 aliphatic carbocycles. The van der Waals surface area contributed by atoms with Gasteiger partial charge in [0.1, 0.15) is 10.9 Å². The molecule has 0 aliphatic rings. The van der Waals surface area contributed by atoms with Crippen molar-refractivity contribution in [1.29, 1.82) is 5.26 Å². The van der Waals surface area contributed by atoms with Gasteiger partial charge in [-0.15, -0.1) is 11.3 Å². The van der Waals surface area contributed by atoms with E-state index in [9.17, 15) is 0 Å². The Kier molecular flexibility index (Phi) is 3.06. The van der Waals surface area contributed by atoms with Gasteiger partial charge in [0, 0.05) is 10.9 Å². The molecule has 0 spiro atoms. The molecule has 2 rings (SSSR count). The maximum atomic E-state index is 8.81. The summed E-state index contributed by atoms with van der Waals surface area (Å²) in [6.45, 7) is 0. The summed E-state index contributed by atoms with van der Waals surface area (Å²) >= 11 is 13.1. The molecule has 0 aliphatic heterocycles. The Morgan fingerprint density at radius 3 is 2.56 bits per heavy atom. The van der Waals surface area contributed by atoms with E-state index < -0.39 is 0 Å². The molecule has 2 nitrogen and oxygen atoms in total. The number of rotatable bonds is 1. The van der Waals surface area contributed by atoms with Gasteiger partial charge in [-0.1, -0.05) is 29.3 Å². The highest BCUT2D eigenvalue weighted by Gasteiger charge is 2.10. The second-order valence-corrected chi connectivity index (χ2v) is 4.83. The van der Waals surface area contributed by atoms with Crippen LogP contribution in [0, 0.1) is 11.3 Å². The Bertz CT molecular complexity index is 584. The molecule has 1 aromatic carbocycles. The second-order valence-electron chi connectivity index (χ2n) is 3.13. The third-order valence-electron chi connectivity index (χ3n) is 2.16. The summed E-state index contributed by atoms with van der Waals surface area (Å²) in [5.74, 6) is 0. The Morgan fingerprint density at radius 1 is 1.25 bits per heavy atom. The lowest BCUT2D eigenvalue weighted by molar-refractivity contribution is 1.52. The number of nitrogen functional groups attached to an aromatic ring is 1. The topological polar surface area (TPSA) is 49.8 Å². The minimum Gasteiger partial charge on any atom is -0.396 e. The maximum Gasteiger partial charge on any atom is 0.128 e. The first-order valence-electron chi connectivity index (χ1n) is 4.36. The van der Waals surface area contributed by atoms with Crippen LogP contribution in [0.4, 0.5) is 5.69 Å². The number of halogens is 2. The lowest BCUT2D eigenvalue weighted by Gasteiger charge is -2.02. The van der Waals surface area contributed by atoms with Crippen molar-refractivity contribution in [3.63, 3.8) is 0 Å². The maximum absolute atomic E-state index is 8.81. The van der Waals surface area contributed by atoms with Crippen LogP contribution < -0.4 is 5.73 Å². The first-order chi connectivity index (χ1) is 7.63. The summed E-state index contributed by atoms with van der Waals surface area (Å²) < 4.78 is 0. The number of anilines is 1. The van der Waals surface area contributed by atoms with E-state index >= 15 is 0 Å². The van der Waals surface area contributed by atoms with E-state index in [0.717, 1.165) is 11.1 Å². The summed E-state index contributed by atoms with van der Waals surface area (Å²) in [6, 6.07) is 7.32. The molecular weight excluding hydrogens is 263 g/mol. The highest BCUT2D eigenvalue weighted by Crippen LogP contribution is 2.36. The van der Waals surface area contributed by atoms with Crippen LogP contribution in [0.15, 0.2) is 23.6 Å². The quantitative estimate of drug-likeness (QED) is 0.844. The Morgan fingerprint density at radius 2 is 2.00 bits per heavy atom. The molecule has 80 valence electrons. The molecule has 2 aromatic rings. The predicted molar refractivity (Wildman–Crippen MR) is 68.9 cm³/mol. The monoisotopic (exact) mass is 268 g/mol. The Labute approximate surface area is 107 Å². The minimum absolute atomic E-state index is 0.475. The zero-order valence-corrected chi connectivity index (χ0v) is 10.3. The zero-order valence-electron chi connectivity index (χ0n) is 8.00. The molecule has 0 saturated heterocycles. The van der Waals surface area contributed by atoms with Crippen molar-refractivity contribution < 1.29 is 0 Å². The lowest BCUT2D eigenvalue weighted by atomic mass is 10.1. The van der Waals surface area contributed by atoms with Gasteiger partial charge in [0.15, 0.2) is 0 Å². The Balaban J connectivity index is 2.55. The van der Waals surface area contributed by atoms with Crippen molar-refractivity contribution >= 4 is 40.2 Å². The van der Waals surface area contributed by atoms with Crippen LogP contribution in [0.25, 0.3) is 11.1 Å². The smallest absolute Gasteiger partial charge is 0.128 e. The third kappa shape index (κ3) is 1.88. The fourth-order valence-electron chi connectivity index (χ4n) is 1.34. The molecule has 5 heteroatoms. The first kappa shape index (κ1) is 11.3. The number of hydrogen-bond donors (Lipinski definition) is 1. The third-order valence-corrected chi connectivity index (χ3v) is 3.80. The number of benzene rings is 1. The van der Waals surface area contributed by atoms with Crippen molar-refractivity contribution in [1.82, 2.24) is 0 Å². The number of nitriles is 1. The van der Waals surface area contributed by atoms with Gasteiger partial charge in [0.05, 0.1) is 15.7 Å². The number of nitrogens with zero attached hydrogens (tertiary/aromatic N) is 1. The van der Waals surface area contributed by atoms with E-state index in [0.29, 0.717) is 20.6 Å². The molecule has 0 radical (unpaired) electrons. The van der Waals surface area contributed by atoms with Gasteiger partial charge < -0.3 is 5.73 Å². The Hall–Kier alpha value is -1.21. The summed E-state index contributed by atoms with van der Waals surface area (Å²) in [5.41, 5.74) is 8.02. The van der Waals surface area contributed by atoms with Gasteiger partial charge in [0.2, 0.25) is 0 Å². The van der Waals surface area contributed by atoms with Gasteiger partial charge in [-0.2, -0.15) is 5.26 Å². The largest absolute Gasteiger partial charge is 0.396 e. The lowest BCUT2D eigenvalue weighted by Crippen LogP contribution is -1.88. The van der Waals surface area contributed by atoms with E-state index in [-0.39, 0.29) is 0 Å². The molecule has 1 aromatic heterocycles. The van der Waals surface area contributed by atoms with Crippen LogP contribution in [0.1, 0.15) is 4.88 Å². The fraction of sp³-hybridized carbons (Fsp3) is 0.